The molecule has 0 saturated heterocycles. The van der Waals surface area contributed by atoms with Crippen molar-refractivity contribution in [2.75, 3.05) is 11.9 Å². The van der Waals surface area contributed by atoms with Crippen LogP contribution in [0.15, 0.2) is 61.1 Å². The number of benzene rings is 1. The topological polar surface area (TPSA) is 115 Å². The van der Waals surface area contributed by atoms with Gasteiger partial charge in [-0.2, -0.15) is 0 Å². The Labute approximate surface area is 165 Å². The summed E-state index contributed by atoms with van der Waals surface area (Å²) in [5.41, 5.74) is 2.73. The number of fused-ring (bicyclic) bond motifs is 1. The van der Waals surface area contributed by atoms with Gasteiger partial charge in [0.1, 0.15) is 0 Å². The molecule has 1 aromatic carbocycles. The highest BCUT2D eigenvalue weighted by atomic mass is 16.2. The van der Waals surface area contributed by atoms with Crippen LogP contribution in [-0.4, -0.2) is 43.3 Å². The van der Waals surface area contributed by atoms with Crippen LogP contribution in [-0.2, 0) is 4.79 Å². The standard InChI is InChI=1S/C20H17N7O2/c1-13-18(20(29)23-12-17(28)24-15-7-4-9-21-11-15)25-26-27(13)16-8-2-5-14-6-3-10-22-19(14)16/h2-11H,12H2,1H3,(H,23,29)(H,24,28). The van der Waals surface area contributed by atoms with Crippen LogP contribution in [0.5, 0.6) is 0 Å². The fraction of sp³-hybridized carbons (Fsp3) is 0.100. The molecule has 2 N–H and O–H groups in total. The zero-order valence-corrected chi connectivity index (χ0v) is 15.5. The lowest BCUT2D eigenvalue weighted by atomic mass is 10.2. The quantitative estimate of drug-likeness (QED) is 0.540. The molecule has 9 heteroatoms. The molecule has 3 aromatic heterocycles. The summed E-state index contributed by atoms with van der Waals surface area (Å²) < 4.78 is 1.57. The summed E-state index contributed by atoms with van der Waals surface area (Å²) in [4.78, 5) is 32.8. The summed E-state index contributed by atoms with van der Waals surface area (Å²) in [6.45, 7) is 1.54. The van der Waals surface area contributed by atoms with Crippen LogP contribution < -0.4 is 10.6 Å². The van der Waals surface area contributed by atoms with Gasteiger partial charge in [-0.1, -0.05) is 23.4 Å². The number of hydrogen-bond acceptors (Lipinski definition) is 6. The van der Waals surface area contributed by atoms with E-state index in [4.69, 9.17) is 0 Å². The Balaban J connectivity index is 1.49. The van der Waals surface area contributed by atoms with Gasteiger partial charge in [-0.25, -0.2) is 4.68 Å². The SMILES string of the molecule is Cc1c(C(=O)NCC(=O)Nc2cccnc2)nnn1-c1cccc2cccnc12. The van der Waals surface area contributed by atoms with E-state index >= 15 is 0 Å². The highest BCUT2D eigenvalue weighted by Crippen LogP contribution is 2.21. The lowest BCUT2D eigenvalue weighted by Gasteiger charge is -2.08. The first-order valence-corrected chi connectivity index (χ1v) is 8.88. The molecular formula is C20H17N7O2. The number of rotatable bonds is 5. The maximum Gasteiger partial charge on any atom is 0.274 e. The van der Waals surface area contributed by atoms with Gasteiger partial charge in [0.2, 0.25) is 5.91 Å². The van der Waals surface area contributed by atoms with Crippen molar-refractivity contribution >= 4 is 28.4 Å². The minimum absolute atomic E-state index is 0.145. The smallest absolute Gasteiger partial charge is 0.274 e. The van der Waals surface area contributed by atoms with E-state index in [1.165, 1.54) is 6.20 Å². The summed E-state index contributed by atoms with van der Waals surface area (Å²) in [6, 6.07) is 12.9. The van der Waals surface area contributed by atoms with Crippen molar-refractivity contribution in [1.82, 2.24) is 30.3 Å². The van der Waals surface area contributed by atoms with Crippen molar-refractivity contribution in [3.63, 3.8) is 0 Å². The Kier molecular flexibility index (Phi) is 4.93. The number of pyridine rings is 2. The van der Waals surface area contributed by atoms with E-state index in [-0.39, 0.29) is 18.1 Å². The van der Waals surface area contributed by atoms with E-state index < -0.39 is 5.91 Å². The molecule has 0 aliphatic carbocycles. The number of carbonyl (C=O) groups excluding carboxylic acids is 2. The third-order valence-electron chi connectivity index (χ3n) is 4.30. The summed E-state index contributed by atoms with van der Waals surface area (Å²) in [5.74, 6) is -0.849. The van der Waals surface area contributed by atoms with E-state index in [2.05, 4.69) is 30.9 Å². The van der Waals surface area contributed by atoms with Gasteiger partial charge in [0, 0.05) is 17.8 Å². The normalized spacial score (nSPS) is 10.7. The van der Waals surface area contributed by atoms with Crippen LogP contribution in [0.2, 0.25) is 0 Å². The average molecular weight is 387 g/mol. The van der Waals surface area contributed by atoms with Crippen molar-refractivity contribution in [3.8, 4) is 5.69 Å². The Bertz CT molecular complexity index is 1180. The molecule has 0 radical (unpaired) electrons. The van der Waals surface area contributed by atoms with Gasteiger partial charge < -0.3 is 10.6 Å². The maximum absolute atomic E-state index is 12.5. The highest BCUT2D eigenvalue weighted by Gasteiger charge is 2.19. The fourth-order valence-electron chi connectivity index (χ4n) is 2.91. The number of nitrogens with one attached hydrogen (secondary N) is 2. The first-order chi connectivity index (χ1) is 14.1. The predicted molar refractivity (Wildman–Crippen MR) is 107 cm³/mol. The van der Waals surface area contributed by atoms with Gasteiger partial charge in [-0.3, -0.25) is 19.6 Å². The van der Waals surface area contributed by atoms with Crippen LogP contribution in [0.25, 0.3) is 16.6 Å². The fourth-order valence-corrected chi connectivity index (χ4v) is 2.91. The number of hydrogen-bond donors (Lipinski definition) is 2. The van der Waals surface area contributed by atoms with Crippen molar-refractivity contribution in [2.24, 2.45) is 0 Å². The van der Waals surface area contributed by atoms with E-state index in [9.17, 15) is 9.59 Å². The van der Waals surface area contributed by atoms with E-state index in [1.807, 2.05) is 30.3 Å². The molecular weight excluding hydrogens is 370 g/mol. The molecule has 0 bridgehead atoms. The van der Waals surface area contributed by atoms with Gasteiger partial charge in [0.25, 0.3) is 5.91 Å². The monoisotopic (exact) mass is 387 g/mol. The van der Waals surface area contributed by atoms with Gasteiger partial charge >= 0.3 is 0 Å². The molecule has 0 fully saturated rings. The Morgan fingerprint density at radius 1 is 1.07 bits per heavy atom. The van der Waals surface area contributed by atoms with Crippen molar-refractivity contribution < 1.29 is 9.59 Å². The first-order valence-electron chi connectivity index (χ1n) is 8.88. The number of aromatic nitrogens is 5. The van der Waals surface area contributed by atoms with E-state index in [1.54, 1.807) is 36.1 Å². The second-order valence-electron chi connectivity index (χ2n) is 6.26. The van der Waals surface area contributed by atoms with Gasteiger partial charge in [-0.05, 0) is 31.2 Å². The van der Waals surface area contributed by atoms with E-state index in [0.29, 0.717) is 11.4 Å². The first kappa shape index (κ1) is 18.2. The van der Waals surface area contributed by atoms with Crippen LogP contribution in [0.4, 0.5) is 5.69 Å². The Morgan fingerprint density at radius 3 is 2.72 bits per heavy atom. The van der Waals surface area contributed by atoms with Crippen LogP contribution >= 0.6 is 0 Å². The van der Waals surface area contributed by atoms with Crippen LogP contribution in [0.1, 0.15) is 16.2 Å². The van der Waals surface area contributed by atoms with Crippen molar-refractivity contribution in [2.45, 2.75) is 6.92 Å². The van der Waals surface area contributed by atoms with Crippen LogP contribution in [0.3, 0.4) is 0 Å². The molecule has 29 heavy (non-hydrogen) atoms. The second kappa shape index (κ2) is 7.85. The molecule has 3 heterocycles. The molecule has 144 valence electrons. The predicted octanol–water partition coefficient (Wildman–Crippen LogP) is 1.89. The maximum atomic E-state index is 12.5. The zero-order valence-electron chi connectivity index (χ0n) is 15.5. The largest absolute Gasteiger partial charge is 0.342 e. The van der Waals surface area contributed by atoms with Crippen molar-refractivity contribution in [3.05, 3.63) is 72.4 Å². The lowest BCUT2D eigenvalue weighted by Crippen LogP contribution is -2.33. The number of amides is 2. The van der Waals surface area contributed by atoms with Gasteiger partial charge in [0.15, 0.2) is 5.69 Å². The Morgan fingerprint density at radius 2 is 1.90 bits per heavy atom. The minimum Gasteiger partial charge on any atom is -0.342 e. The zero-order chi connectivity index (χ0) is 20.2. The van der Waals surface area contributed by atoms with Gasteiger partial charge in [-0.15, -0.1) is 5.10 Å². The summed E-state index contributed by atoms with van der Waals surface area (Å²) in [7, 11) is 0. The number of nitrogens with zero attached hydrogens (tertiary/aromatic N) is 5. The van der Waals surface area contributed by atoms with E-state index in [0.717, 1.165) is 16.6 Å². The lowest BCUT2D eigenvalue weighted by molar-refractivity contribution is -0.115. The minimum atomic E-state index is -0.483. The molecule has 4 rings (SSSR count). The summed E-state index contributed by atoms with van der Waals surface area (Å²) >= 11 is 0. The molecule has 0 saturated carbocycles. The van der Waals surface area contributed by atoms with Crippen molar-refractivity contribution in [1.29, 1.82) is 0 Å². The molecule has 0 atom stereocenters. The number of anilines is 1. The average Bonchev–Trinajstić information content (AvgIpc) is 3.13. The molecule has 0 aliphatic heterocycles. The molecule has 9 nitrogen and oxygen atoms in total. The molecule has 2 amide bonds. The second-order valence-corrected chi connectivity index (χ2v) is 6.26. The number of carbonyl (C=O) groups is 2. The summed E-state index contributed by atoms with van der Waals surface area (Å²) in [6.07, 6.45) is 4.83. The van der Waals surface area contributed by atoms with Crippen LogP contribution in [0, 0.1) is 6.92 Å². The number of para-hydroxylation sites is 1. The molecule has 0 aliphatic rings. The third kappa shape index (κ3) is 3.79. The van der Waals surface area contributed by atoms with Gasteiger partial charge in [0.05, 0.1) is 35.3 Å². The molecule has 0 unspecified atom stereocenters. The molecule has 4 aromatic rings. The molecule has 0 spiro atoms. The Hall–Kier alpha value is -4.14. The highest BCUT2D eigenvalue weighted by molar-refractivity contribution is 5.99. The summed E-state index contributed by atoms with van der Waals surface area (Å²) in [5, 5.41) is 14.3. The third-order valence-corrected chi connectivity index (χ3v) is 4.30.